The van der Waals surface area contributed by atoms with Crippen molar-refractivity contribution in [2.75, 3.05) is 5.32 Å². The van der Waals surface area contributed by atoms with E-state index in [1.54, 1.807) is 0 Å². The summed E-state index contributed by atoms with van der Waals surface area (Å²) in [7, 11) is 0. The fourth-order valence-corrected chi connectivity index (χ4v) is 3.12. The molecule has 1 saturated carbocycles. The van der Waals surface area contributed by atoms with Crippen molar-refractivity contribution in [1.82, 2.24) is 20.4 Å². The van der Waals surface area contributed by atoms with Crippen LogP contribution in [0.2, 0.25) is 0 Å². The smallest absolute Gasteiger partial charge is 0.315 e. The lowest BCUT2D eigenvalue weighted by Crippen LogP contribution is -2.12. The van der Waals surface area contributed by atoms with Gasteiger partial charge >= 0.3 is 11.8 Å². The molecule has 0 bridgehead atoms. The molecule has 1 fully saturated rings. The van der Waals surface area contributed by atoms with E-state index in [0.29, 0.717) is 22.9 Å². The third-order valence-corrected chi connectivity index (χ3v) is 4.92. The van der Waals surface area contributed by atoms with Crippen LogP contribution in [0.25, 0.3) is 10.6 Å². The summed E-state index contributed by atoms with van der Waals surface area (Å²) < 4.78 is 5.39. The fourth-order valence-electron chi connectivity index (χ4n) is 2.37. The van der Waals surface area contributed by atoms with E-state index in [0.717, 1.165) is 23.4 Å². The maximum absolute atomic E-state index is 12.2. The molecule has 1 aliphatic carbocycles. The molecule has 7 nitrogen and oxygen atoms in total. The summed E-state index contributed by atoms with van der Waals surface area (Å²) in [6.07, 6.45) is 2.08. The minimum absolute atomic E-state index is 0.0417. The van der Waals surface area contributed by atoms with Crippen molar-refractivity contribution in [3.05, 3.63) is 41.6 Å². The average Bonchev–Trinajstić information content (AvgIpc) is 3.16. The van der Waals surface area contributed by atoms with Gasteiger partial charge in [-0.3, -0.25) is 10.1 Å². The van der Waals surface area contributed by atoms with Gasteiger partial charge in [-0.2, -0.15) is 0 Å². The van der Waals surface area contributed by atoms with Gasteiger partial charge in [0.25, 0.3) is 0 Å². The van der Waals surface area contributed by atoms with E-state index in [1.807, 2.05) is 12.1 Å². The number of anilines is 1. The Balaban J connectivity index is 1.45. The molecule has 0 aliphatic heterocycles. The van der Waals surface area contributed by atoms with Gasteiger partial charge in [-0.25, -0.2) is 0 Å². The van der Waals surface area contributed by atoms with E-state index >= 15 is 0 Å². The molecule has 1 aromatic carbocycles. The van der Waals surface area contributed by atoms with Crippen molar-refractivity contribution in [3.63, 3.8) is 0 Å². The molecule has 4 rings (SSSR count). The first-order chi connectivity index (χ1) is 12.1. The standard InChI is InChI=1S/C17H17N5O2S/c1-9(2)10-3-7-12(8-4-10)16-21-22-17(25-16)18-13(23)15-20-19-14(24-15)11-5-6-11/h3-4,7-9,11H,5-6H2,1-2H3,(H,18,22,23). The highest BCUT2D eigenvalue weighted by atomic mass is 32.1. The maximum atomic E-state index is 12.2. The lowest BCUT2D eigenvalue weighted by molar-refractivity contribution is 0.0988. The molecule has 128 valence electrons. The molecule has 2 heterocycles. The SMILES string of the molecule is CC(C)c1ccc(-c2nnc(NC(=O)c3nnc(C4CC4)o3)s2)cc1. The molecule has 0 spiro atoms. The van der Waals surface area contributed by atoms with E-state index in [9.17, 15) is 4.79 Å². The number of nitrogens with zero attached hydrogens (tertiary/aromatic N) is 4. The fraction of sp³-hybridized carbons (Fsp3) is 0.353. The Labute approximate surface area is 148 Å². The van der Waals surface area contributed by atoms with E-state index in [2.05, 4.69) is 51.7 Å². The van der Waals surface area contributed by atoms with E-state index in [-0.39, 0.29) is 5.89 Å². The van der Waals surface area contributed by atoms with E-state index < -0.39 is 5.91 Å². The van der Waals surface area contributed by atoms with Crippen LogP contribution < -0.4 is 5.32 Å². The van der Waals surface area contributed by atoms with Gasteiger partial charge in [-0.05, 0) is 24.3 Å². The summed E-state index contributed by atoms with van der Waals surface area (Å²) in [6.45, 7) is 4.31. The summed E-state index contributed by atoms with van der Waals surface area (Å²) in [4.78, 5) is 12.2. The number of aromatic nitrogens is 4. The quantitative estimate of drug-likeness (QED) is 0.747. The van der Waals surface area contributed by atoms with Gasteiger partial charge in [0.2, 0.25) is 11.0 Å². The van der Waals surface area contributed by atoms with Crippen LogP contribution in [0.15, 0.2) is 28.7 Å². The van der Waals surface area contributed by atoms with Gasteiger partial charge in [-0.15, -0.1) is 20.4 Å². The van der Waals surface area contributed by atoms with Gasteiger partial charge in [0, 0.05) is 11.5 Å². The minimum Gasteiger partial charge on any atom is -0.417 e. The summed E-state index contributed by atoms with van der Waals surface area (Å²) in [6, 6.07) is 8.19. The summed E-state index contributed by atoms with van der Waals surface area (Å²) in [5.74, 6) is 0.829. The van der Waals surface area contributed by atoms with Gasteiger partial charge in [0.15, 0.2) is 0 Å². The van der Waals surface area contributed by atoms with Crippen molar-refractivity contribution in [1.29, 1.82) is 0 Å². The van der Waals surface area contributed by atoms with Crippen molar-refractivity contribution in [2.24, 2.45) is 0 Å². The largest absolute Gasteiger partial charge is 0.417 e. The van der Waals surface area contributed by atoms with Crippen molar-refractivity contribution in [3.8, 4) is 10.6 Å². The second-order valence-electron chi connectivity index (χ2n) is 6.36. The first kappa shape index (κ1) is 15.9. The molecule has 1 aliphatic rings. The predicted molar refractivity (Wildman–Crippen MR) is 93.7 cm³/mol. The number of hydrogen-bond donors (Lipinski definition) is 1. The molecule has 3 aromatic rings. The Kier molecular flexibility index (Phi) is 4.04. The summed E-state index contributed by atoms with van der Waals surface area (Å²) in [5.41, 5.74) is 2.24. The van der Waals surface area contributed by atoms with Gasteiger partial charge in [0.1, 0.15) is 5.01 Å². The maximum Gasteiger partial charge on any atom is 0.315 e. The second kappa shape index (κ2) is 6.36. The van der Waals surface area contributed by atoms with Crippen LogP contribution in [0.5, 0.6) is 0 Å². The number of carbonyl (C=O) groups is 1. The minimum atomic E-state index is -0.461. The Morgan fingerprint density at radius 2 is 1.92 bits per heavy atom. The molecular weight excluding hydrogens is 338 g/mol. The molecule has 25 heavy (non-hydrogen) atoms. The zero-order valence-corrected chi connectivity index (χ0v) is 14.7. The Morgan fingerprint density at radius 1 is 1.16 bits per heavy atom. The van der Waals surface area contributed by atoms with Gasteiger partial charge in [-0.1, -0.05) is 49.4 Å². The molecule has 0 unspecified atom stereocenters. The molecule has 1 N–H and O–H groups in total. The molecule has 0 radical (unpaired) electrons. The monoisotopic (exact) mass is 355 g/mol. The zero-order valence-electron chi connectivity index (χ0n) is 13.9. The first-order valence-electron chi connectivity index (χ1n) is 8.18. The second-order valence-corrected chi connectivity index (χ2v) is 7.34. The van der Waals surface area contributed by atoms with Gasteiger partial charge in [0.05, 0.1) is 0 Å². The predicted octanol–water partition coefficient (Wildman–Crippen LogP) is 3.84. The van der Waals surface area contributed by atoms with Crippen LogP contribution >= 0.6 is 11.3 Å². The molecule has 0 saturated heterocycles. The van der Waals surface area contributed by atoms with Crippen molar-refractivity contribution in [2.45, 2.75) is 38.5 Å². The van der Waals surface area contributed by atoms with Gasteiger partial charge < -0.3 is 4.42 Å². The summed E-state index contributed by atoms with van der Waals surface area (Å²) >= 11 is 1.30. The Bertz CT molecular complexity index is 896. The van der Waals surface area contributed by atoms with Crippen LogP contribution in [0.1, 0.15) is 60.7 Å². The van der Waals surface area contributed by atoms with Crippen LogP contribution in [0, 0.1) is 0 Å². The topological polar surface area (TPSA) is 93.8 Å². The highest BCUT2D eigenvalue weighted by Crippen LogP contribution is 2.39. The average molecular weight is 355 g/mol. The summed E-state index contributed by atoms with van der Waals surface area (Å²) in [5, 5.41) is 19.7. The first-order valence-corrected chi connectivity index (χ1v) is 9.00. The Hall–Kier alpha value is -2.61. The number of carbonyl (C=O) groups excluding carboxylic acids is 1. The highest BCUT2D eigenvalue weighted by Gasteiger charge is 2.30. The third-order valence-electron chi connectivity index (χ3n) is 4.03. The molecule has 8 heteroatoms. The lowest BCUT2D eigenvalue weighted by Gasteiger charge is -2.04. The number of rotatable bonds is 5. The number of amides is 1. The number of hydrogen-bond acceptors (Lipinski definition) is 7. The Morgan fingerprint density at radius 3 is 2.60 bits per heavy atom. The third kappa shape index (κ3) is 3.43. The number of nitrogens with one attached hydrogen (secondary N) is 1. The molecule has 2 aromatic heterocycles. The van der Waals surface area contributed by atoms with Crippen LogP contribution in [-0.4, -0.2) is 26.3 Å². The van der Waals surface area contributed by atoms with E-state index in [4.69, 9.17) is 4.42 Å². The molecule has 0 atom stereocenters. The molecule has 1 amide bonds. The molecular formula is C17H17N5O2S. The van der Waals surface area contributed by atoms with Crippen molar-refractivity contribution < 1.29 is 9.21 Å². The normalized spacial score (nSPS) is 14.0. The number of benzene rings is 1. The van der Waals surface area contributed by atoms with E-state index in [1.165, 1.54) is 16.9 Å². The van der Waals surface area contributed by atoms with Crippen LogP contribution in [0.3, 0.4) is 0 Å². The lowest BCUT2D eigenvalue weighted by atomic mass is 10.0. The zero-order chi connectivity index (χ0) is 17.4. The van der Waals surface area contributed by atoms with Crippen LogP contribution in [-0.2, 0) is 0 Å². The van der Waals surface area contributed by atoms with Crippen LogP contribution in [0.4, 0.5) is 5.13 Å². The van der Waals surface area contributed by atoms with Crippen molar-refractivity contribution >= 4 is 22.4 Å². The highest BCUT2D eigenvalue weighted by molar-refractivity contribution is 7.18.